The topological polar surface area (TPSA) is 143 Å². The number of anilines is 1. The van der Waals surface area contributed by atoms with Crippen molar-refractivity contribution in [3.05, 3.63) is 41.2 Å². The molecule has 2 aromatic rings. The van der Waals surface area contributed by atoms with E-state index in [1.807, 2.05) is 24.8 Å². The number of carboxylic acid groups (broad SMARTS) is 1. The van der Waals surface area contributed by atoms with Crippen LogP contribution in [0.3, 0.4) is 0 Å². The molecule has 1 aromatic heterocycles. The number of nitrogens with zero attached hydrogens (tertiary/aromatic N) is 3. The van der Waals surface area contributed by atoms with E-state index in [9.17, 15) is 31.9 Å². The van der Waals surface area contributed by atoms with E-state index in [0.717, 1.165) is 11.9 Å². The van der Waals surface area contributed by atoms with Crippen LogP contribution < -0.4 is 14.8 Å². The first-order chi connectivity index (χ1) is 18.7. The molecule has 0 unspecified atom stereocenters. The van der Waals surface area contributed by atoms with Crippen LogP contribution in [0.5, 0.6) is 5.75 Å². The lowest BCUT2D eigenvalue weighted by molar-refractivity contribution is -0.151. The normalized spacial score (nSPS) is 23.1. The number of aromatic nitrogens is 2. The molecule has 1 saturated carbocycles. The highest BCUT2D eigenvalue weighted by molar-refractivity contribution is 7.88. The fourth-order valence-electron chi connectivity index (χ4n) is 5.59. The minimum atomic E-state index is -3.74. The summed E-state index contributed by atoms with van der Waals surface area (Å²) in [5.74, 6) is -1.94. The molecule has 0 atom stereocenters. The predicted octanol–water partition coefficient (Wildman–Crippen LogP) is 3.23. The smallest absolute Gasteiger partial charge is 0.387 e. The van der Waals surface area contributed by atoms with Crippen molar-refractivity contribution in [3.8, 4) is 5.75 Å². The Morgan fingerprint density at radius 3 is 2.40 bits per heavy atom. The number of aliphatic carboxylic acids is 1. The van der Waals surface area contributed by atoms with Gasteiger partial charge in [-0.2, -0.15) is 18.6 Å². The van der Waals surface area contributed by atoms with Crippen LogP contribution in [0.15, 0.2) is 30.5 Å². The number of benzene rings is 1. The number of likely N-dealkylation sites (tertiary alicyclic amines) is 1. The van der Waals surface area contributed by atoms with Gasteiger partial charge in [0, 0.05) is 42.1 Å². The van der Waals surface area contributed by atoms with E-state index < -0.39 is 39.6 Å². The van der Waals surface area contributed by atoms with Gasteiger partial charge in [0.2, 0.25) is 10.0 Å². The van der Waals surface area contributed by atoms with Crippen molar-refractivity contribution < 1.29 is 36.6 Å². The Kier molecular flexibility index (Phi) is 8.46. The Balaban J connectivity index is 1.58. The molecule has 0 spiro atoms. The molecule has 15 heteroatoms. The van der Waals surface area contributed by atoms with Crippen LogP contribution in [0.4, 0.5) is 14.5 Å². The standard InChI is InChI=1S/C25H32ClF2N5O6S/c1-15(2)19-6-9-29-33(19)25(21(34)30-18-5-4-16(26)12-20(18)39-23(27)28)7-10-32(11-8-25)17-13-24(14-17,22(35)36)31-40(3,37)38/h4-6,9,12,15,17,23,31H,7-8,10-11,13-14H2,1-3H3,(H,30,34)(H,35,36). The third-order valence-corrected chi connectivity index (χ3v) is 8.60. The molecule has 0 bridgehead atoms. The average molecular weight is 604 g/mol. The summed E-state index contributed by atoms with van der Waals surface area (Å²) >= 11 is 5.96. The lowest BCUT2D eigenvalue weighted by atomic mass is 9.71. The Hall–Kier alpha value is -2.81. The first-order valence-corrected chi connectivity index (χ1v) is 15.0. The van der Waals surface area contributed by atoms with Gasteiger partial charge in [0.05, 0.1) is 11.9 Å². The van der Waals surface area contributed by atoms with Gasteiger partial charge < -0.3 is 15.2 Å². The molecular formula is C25H32ClF2N5O6S. The van der Waals surface area contributed by atoms with Crippen molar-refractivity contribution in [1.82, 2.24) is 19.4 Å². The van der Waals surface area contributed by atoms with Crippen LogP contribution in [0.25, 0.3) is 0 Å². The fraction of sp³-hybridized carbons (Fsp3) is 0.560. The number of piperidine rings is 1. The molecule has 2 aliphatic rings. The lowest BCUT2D eigenvalue weighted by Gasteiger charge is -2.52. The van der Waals surface area contributed by atoms with Gasteiger partial charge in [-0.1, -0.05) is 25.4 Å². The van der Waals surface area contributed by atoms with Crippen molar-refractivity contribution in [1.29, 1.82) is 0 Å². The summed E-state index contributed by atoms with van der Waals surface area (Å²) in [7, 11) is -3.74. The van der Waals surface area contributed by atoms with E-state index in [4.69, 9.17) is 11.6 Å². The molecule has 11 nitrogen and oxygen atoms in total. The van der Waals surface area contributed by atoms with Crippen LogP contribution in [0.1, 0.15) is 51.1 Å². The molecule has 1 saturated heterocycles. The number of rotatable bonds is 10. The molecular weight excluding hydrogens is 572 g/mol. The highest BCUT2D eigenvalue weighted by Gasteiger charge is 2.55. The van der Waals surface area contributed by atoms with E-state index in [2.05, 4.69) is 19.9 Å². The van der Waals surface area contributed by atoms with Crippen LogP contribution >= 0.6 is 11.6 Å². The fourth-order valence-corrected chi connectivity index (χ4v) is 6.72. The van der Waals surface area contributed by atoms with Gasteiger partial charge >= 0.3 is 12.6 Å². The summed E-state index contributed by atoms with van der Waals surface area (Å²) in [5.41, 5.74) is -1.89. The summed E-state index contributed by atoms with van der Waals surface area (Å²) in [5, 5.41) is 17.1. The predicted molar refractivity (Wildman–Crippen MR) is 143 cm³/mol. The van der Waals surface area contributed by atoms with Crippen molar-refractivity contribution in [3.63, 3.8) is 0 Å². The second-order valence-corrected chi connectivity index (χ2v) is 12.9. The molecule has 1 aliphatic heterocycles. The highest BCUT2D eigenvalue weighted by Crippen LogP contribution is 2.42. The zero-order valence-electron chi connectivity index (χ0n) is 22.2. The van der Waals surface area contributed by atoms with Crippen LogP contribution in [0.2, 0.25) is 5.02 Å². The maximum absolute atomic E-state index is 14.0. The summed E-state index contributed by atoms with van der Waals surface area (Å²) in [6, 6.07) is 5.66. The monoisotopic (exact) mass is 603 g/mol. The Bertz CT molecular complexity index is 1370. The second-order valence-electron chi connectivity index (χ2n) is 10.7. The highest BCUT2D eigenvalue weighted by atomic mass is 35.5. The lowest BCUT2D eigenvalue weighted by Crippen LogP contribution is -2.68. The number of hydrogen-bond donors (Lipinski definition) is 3. The number of amides is 1. The zero-order chi connectivity index (χ0) is 29.5. The zero-order valence-corrected chi connectivity index (χ0v) is 23.8. The summed E-state index contributed by atoms with van der Waals surface area (Å²) < 4.78 is 58.1. The molecule has 1 aromatic carbocycles. The number of halogens is 3. The van der Waals surface area contributed by atoms with E-state index >= 15 is 0 Å². The van der Waals surface area contributed by atoms with E-state index in [1.165, 1.54) is 18.2 Å². The van der Waals surface area contributed by atoms with E-state index in [1.54, 1.807) is 10.9 Å². The molecule has 220 valence electrons. The van der Waals surface area contributed by atoms with Gasteiger partial charge in [-0.05, 0) is 49.8 Å². The van der Waals surface area contributed by atoms with Crippen molar-refractivity contribution in [2.75, 3.05) is 24.7 Å². The number of carboxylic acids is 1. The molecule has 2 fully saturated rings. The van der Waals surface area contributed by atoms with Crippen molar-refractivity contribution in [2.24, 2.45) is 0 Å². The third-order valence-electron chi connectivity index (χ3n) is 7.60. The van der Waals surface area contributed by atoms with Crippen LogP contribution in [0, 0.1) is 0 Å². The maximum Gasteiger partial charge on any atom is 0.387 e. The Morgan fingerprint density at radius 1 is 1.20 bits per heavy atom. The number of nitrogens with one attached hydrogen (secondary N) is 2. The van der Waals surface area contributed by atoms with Crippen LogP contribution in [-0.4, -0.2) is 77.6 Å². The average Bonchev–Trinajstić information content (AvgIpc) is 3.33. The van der Waals surface area contributed by atoms with Gasteiger partial charge in [-0.15, -0.1) is 0 Å². The second kappa shape index (κ2) is 11.2. The number of sulfonamides is 1. The van der Waals surface area contributed by atoms with Gasteiger partial charge in [0.25, 0.3) is 5.91 Å². The SMILES string of the molecule is CC(C)c1ccnn1C1(C(=O)Nc2ccc(Cl)cc2OC(F)F)CCN(C2CC(NS(C)(=O)=O)(C(=O)O)C2)CC1. The molecule has 1 amide bonds. The Morgan fingerprint density at radius 2 is 1.85 bits per heavy atom. The molecule has 4 rings (SSSR count). The van der Waals surface area contributed by atoms with Crippen molar-refractivity contribution >= 4 is 39.2 Å². The molecule has 2 heterocycles. The van der Waals surface area contributed by atoms with E-state index in [0.29, 0.717) is 13.1 Å². The number of carbonyl (C=O) groups excluding carboxylic acids is 1. The van der Waals surface area contributed by atoms with Crippen LogP contribution in [-0.2, 0) is 25.2 Å². The minimum absolute atomic E-state index is 0.0309. The third kappa shape index (κ3) is 6.09. The van der Waals surface area contributed by atoms with E-state index in [-0.39, 0.29) is 54.1 Å². The van der Waals surface area contributed by atoms with Crippen molar-refractivity contribution in [2.45, 2.75) is 69.2 Å². The minimum Gasteiger partial charge on any atom is -0.480 e. The quantitative estimate of drug-likeness (QED) is 0.376. The van der Waals surface area contributed by atoms with Gasteiger partial charge in [0.1, 0.15) is 11.1 Å². The summed E-state index contributed by atoms with van der Waals surface area (Å²) in [4.78, 5) is 27.9. The first kappa shape index (κ1) is 30.2. The largest absolute Gasteiger partial charge is 0.480 e. The maximum atomic E-state index is 14.0. The number of hydrogen-bond acceptors (Lipinski definition) is 7. The van der Waals surface area contributed by atoms with Gasteiger partial charge in [0.15, 0.2) is 5.75 Å². The number of alkyl halides is 2. The number of ether oxygens (including phenoxy) is 1. The number of carbonyl (C=O) groups is 2. The summed E-state index contributed by atoms with van der Waals surface area (Å²) in [6.07, 6.45) is 3.28. The molecule has 40 heavy (non-hydrogen) atoms. The first-order valence-electron chi connectivity index (χ1n) is 12.7. The Labute approximate surface area is 235 Å². The molecule has 0 radical (unpaired) electrons. The van der Waals surface area contributed by atoms with Gasteiger partial charge in [-0.3, -0.25) is 19.2 Å². The summed E-state index contributed by atoms with van der Waals surface area (Å²) in [6.45, 7) is 1.60. The molecule has 1 aliphatic carbocycles. The molecule has 3 N–H and O–H groups in total. The van der Waals surface area contributed by atoms with Gasteiger partial charge in [-0.25, -0.2) is 8.42 Å².